The number of rotatable bonds is 5. The van der Waals surface area contributed by atoms with Crippen LogP contribution in [0.4, 0.5) is 0 Å². The molecule has 1 aliphatic rings. The third-order valence-electron chi connectivity index (χ3n) is 3.12. The molecule has 18 heavy (non-hydrogen) atoms. The lowest BCUT2D eigenvalue weighted by molar-refractivity contribution is 0.0956. The summed E-state index contributed by atoms with van der Waals surface area (Å²) in [5, 5.41) is 1.03. The van der Waals surface area contributed by atoms with E-state index in [2.05, 4.69) is 22.2 Å². The molecule has 0 saturated carbocycles. The normalized spacial score (nSPS) is 16.1. The van der Waals surface area contributed by atoms with Crippen molar-refractivity contribution in [3.05, 3.63) is 15.6 Å². The number of carbonyl (C=O) groups is 1. The maximum absolute atomic E-state index is 11.7. The lowest BCUT2D eigenvalue weighted by Gasteiger charge is -2.11. The molecule has 1 aliphatic heterocycles. The van der Waals surface area contributed by atoms with Gasteiger partial charge >= 0.3 is 0 Å². The van der Waals surface area contributed by atoms with Gasteiger partial charge in [-0.3, -0.25) is 15.1 Å². The number of carbonyl (C=O) groups excluding carboxylic acids is 1. The molecule has 0 atom stereocenters. The zero-order chi connectivity index (χ0) is 13.0. The van der Waals surface area contributed by atoms with Crippen molar-refractivity contribution >= 4 is 17.2 Å². The van der Waals surface area contributed by atoms with Crippen LogP contribution >= 0.6 is 11.3 Å². The molecule has 0 spiro atoms. The summed E-state index contributed by atoms with van der Waals surface area (Å²) in [5.41, 5.74) is 3.09. The summed E-state index contributed by atoms with van der Waals surface area (Å²) < 4.78 is 0. The van der Waals surface area contributed by atoms with Crippen LogP contribution in [0.25, 0.3) is 0 Å². The quantitative estimate of drug-likeness (QED) is 0.479. The van der Waals surface area contributed by atoms with E-state index in [1.165, 1.54) is 24.2 Å². The minimum absolute atomic E-state index is 0.219. The van der Waals surface area contributed by atoms with Crippen molar-refractivity contribution in [3.8, 4) is 0 Å². The van der Waals surface area contributed by atoms with Gasteiger partial charge < -0.3 is 0 Å². The summed E-state index contributed by atoms with van der Waals surface area (Å²) in [7, 11) is 0. The molecule has 2 heterocycles. The van der Waals surface area contributed by atoms with E-state index >= 15 is 0 Å². The van der Waals surface area contributed by atoms with E-state index in [1.54, 1.807) is 0 Å². The second-order valence-corrected chi connectivity index (χ2v) is 5.67. The molecule has 0 aliphatic carbocycles. The molecule has 0 radical (unpaired) electrons. The molecule has 1 amide bonds. The lowest BCUT2D eigenvalue weighted by Crippen LogP contribution is -2.30. The fourth-order valence-corrected chi connectivity index (χ4v) is 3.31. The number of nitrogens with zero attached hydrogens (tertiary/aromatic N) is 2. The van der Waals surface area contributed by atoms with Crippen LogP contribution in [0.1, 0.15) is 46.6 Å². The average molecular weight is 268 g/mol. The molecule has 6 heteroatoms. The van der Waals surface area contributed by atoms with Crippen molar-refractivity contribution < 1.29 is 4.79 Å². The van der Waals surface area contributed by atoms with Crippen LogP contribution in [0.5, 0.6) is 0 Å². The van der Waals surface area contributed by atoms with Gasteiger partial charge in [0.05, 0.1) is 12.2 Å². The second kappa shape index (κ2) is 6.26. The van der Waals surface area contributed by atoms with Gasteiger partial charge in [-0.1, -0.05) is 13.3 Å². The van der Waals surface area contributed by atoms with Crippen LogP contribution < -0.4 is 11.3 Å². The highest BCUT2D eigenvalue weighted by molar-refractivity contribution is 7.13. The van der Waals surface area contributed by atoms with E-state index in [4.69, 9.17) is 5.84 Å². The number of aromatic nitrogens is 1. The predicted octanol–water partition coefficient (Wildman–Crippen LogP) is 1.29. The van der Waals surface area contributed by atoms with Gasteiger partial charge in [-0.05, 0) is 32.4 Å². The van der Waals surface area contributed by atoms with Crippen LogP contribution in [-0.2, 0) is 13.0 Å². The fraction of sp³-hybridized carbons (Fsp3) is 0.667. The van der Waals surface area contributed by atoms with E-state index < -0.39 is 0 Å². The van der Waals surface area contributed by atoms with Crippen LogP contribution in [0.15, 0.2) is 0 Å². The maximum atomic E-state index is 11.7. The zero-order valence-electron chi connectivity index (χ0n) is 10.7. The largest absolute Gasteiger partial charge is 0.297 e. The highest BCUT2D eigenvalue weighted by Gasteiger charge is 2.19. The highest BCUT2D eigenvalue weighted by atomic mass is 32.1. The second-order valence-electron chi connectivity index (χ2n) is 4.59. The van der Waals surface area contributed by atoms with Crippen molar-refractivity contribution in [2.45, 2.75) is 39.2 Å². The minimum Gasteiger partial charge on any atom is -0.297 e. The maximum Gasteiger partial charge on any atom is 0.277 e. The summed E-state index contributed by atoms with van der Waals surface area (Å²) in [6.07, 6.45) is 4.35. The Labute approximate surface area is 111 Å². The van der Waals surface area contributed by atoms with E-state index in [9.17, 15) is 4.79 Å². The Morgan fingerprint density at radius 3 is 2.83 bits per heavy atom. The standard InChI is InChI=1S/C12H20N4OS/c1-2-5-9-11(12(17)15-13)18-10(14-9)8-16-6-3-4-7-16/h2-8,13H2,1H3,(H,15,17). The van der Waals surface area contributed by atoms with Crippen LogP contribution in [0.3, 0.4) is 0 Å². The lowest BCUT2D eigenvalue weighted by atomic mass is 10.2. The van der Waals surface area contributed by atoms with Gasteiger partial charge in [0.15, 0.2) is 0 Å². The smallest absolute Gasteiger partial charge is 0.277 e. The number of hydrogen-bond acceptors (Lipinski definition) is 5. The Balaban J connectivity index is 2.13. The van der Waals surface area contributed by atoms with Crippen molar-refractivity contribution in [1.82, 2.24) is 15.3 Å². The Morgan fingerprint density at radius 1 is 1.50 bits per heavy atom. The topological polar surface area (TPSA) is 71.2 Å². The molecule has 5 nitrogen and oxygen atoms in total. The van der Waals surface area contributed by atoms with Crippen molar-refractivity contribution in [1.29, 1.82) is 0 Å². The first kappa shape index (κ1) is 13.5. The number of nitrogens with two attached hydrogens (primary N) is 1. The molecular formula is C12H20N4OS. The molecule has 1 aromatic heterocycles. The minimum atomic E-state index is -0.219. The zero-order valence-corrected chi connectivity index (χ0v) is 11.6. The van der Waals surface area contributed by atoms with Crippen molar-refractivity contribution in [3.63, 3.8) is 0 Å². The van der Waals surface area contributed by atoms with Crippen LogP contribution in [0.2, 0.25) is 0 Å². The van der Waals surface area contributed by atoms with E-state index in [0.29, 0.717) is 4.88 Å². The summed E-state index contributed by atoms with van der Waals surface area (Å²) in [6, 6.07) is 0. The van der Waals surface area contributed by atoms with Crippen LogP contribution in [-0.4, -0.2) is 28.9 Å². The van der Waals surface area contributed by atoms with Gasteiger partial charge in [0.1, 0.15) is 9.88 Å². The average Bonchev–Trinajstić information content (AvgIpc) is 2.99. The Morgan fingerprint density at radius 2 is 2.22 bits per heavy atom. The number of thiazole rings is 1. The first-order valence-corrected chi connectivity index (χ1v) is 7.28. The third-order valence-corrected chi connectivity index (χ3v) is 4.20. The molecular weight excluding hydrogens is 248 g/mol. The molecule has 0 unspecified atom stereocenters. The Bertz CT molecular complexity index is 412. The Hall–Kier alpha value is -0.980. The third kappa shape index (κ3) is 3.07. The number of nitrogen functional groups attached to an aromatic ring is 1. The number of hydrazine groups is 1. The molecule has 0 bridgehead atoms. The molecule has 3 N–H and O–H groups in total. The number of likely N-dealkylation sites (tertiary alicyclic amines) is 1. The van der Waals surface area contributed by atoms with Gasteiger partial charge in [-0.25, -0.2) is 10.8 Å². The number of nitrogens with one attached hydrogen (secondary N) is 1. The molecule has 1 fully saturated rings. The van der Waals surface area contributed by atoms with Gasteiger partial charge in [-0.15, -0.1) is 11.3 Å². The summed E-state index contributed by atoms with van der Waals surface area (Å²) in [5.74, 6) is 4.99. The fourth-order valence-electron chi connectivity index (χ4n) is 2.25. The number of aryl methyl sites for hydroxylation is 1. The SMILES string of the molecule is CCCc1nc(CN2CCCC2)sc1C(=O)NN. The first-order chi connectivity index (χ1) is 8.74. The van der Waals surface area contributed by atoms with Gasteiger partial charge in [0.25, 0.3) is 5.91 Å². The molecule has 2 rings (SSSR count). The van der Waals surface area contributed by atoms with Crippen molar-refractivity contribution in [2.75, 3.05) is 13.1 Å². The van der Waals surface area contributed by atoms with E-state index in [0.717, 1.165) is 43.2 Å². The van der Waals surface area contributed by atoms with Gasteiger partial charge in [-0.2, -0.15) is 0 Å². The van der Waals surface area contributed by atoms with Gasteiger partial charge in [0.2, 0.25) is 0 Å². The molecule has 1 aromatic rings. The van der Waals surface area contributed by atoms with E-state index in [-0.39, 0.29) is 5.91 Å². The molecule has 1 saturated heterocycles. The Kier molecular flexibility index (Phi) is 4.68. The van der Waals surface area contributed by atoms with Gasteiger partial charge in [0, 0.05) is 0 Å². The van der Waals surface area contributed by atoms with E-state index in [1.807, 2.05) is 0 Å². The first-order valence-electron chi connectivity index (χ1n) is 6.46. The molecule has 0 aromatic carbocycles. The van der Waals surface area contributed by atoms with Crippen LogP contribution in [0, 0.1) is 0 Å². The molecule has 100 valence electrons. The monoisotopic (exact) mass is 268 g/mol. The predicted molar refractivity (Wildman–Crippen MR) is 72.3 cm³/mol. The van der Waals surface area contributed by atoms with Crippen molar-refractivity contribution in [2.24, 2.45) is 5.84 Å². The number of hydrogen-bond donors (Lipinski definition) is 2. The summed E-state index contributed by atoms with van der Waals surface area (Å²) >= 11 is 1.47. The summed E-state index contributed by atoms with van der Waals surface area (Å²) in [6.45, 7) is 5.23. The number of amides is 1. The summed E-state index contributed by atoms with van der Waals surface area (Å²) in [4.78, 5) is 19.3. The highest BCUT2D eigenvalue weighted by Crippen LogP contribution is 2.22.